The van der Waals surface area contributed by atoms with Crippen LogP contribution in [0.2, 0.25) is 0 Å². The molecule has 0 aromatic heterocycles. The van der Waals surface area contributed by atoms with Crippen molar-refractivity contribution < 1.29 is 14.5 Å². The highest BCUT2D eigenvalue weighted by Gasteiger charge is 2.06. The Balaban J connectivity index is 1.95. The van der Waals surface area contributed by atoms with E-state index in [1.807, 2.05) is 38.1 Å². The number of nitro groups is 1. The van der Waals surface area contributed by atoms with Crippen LogP contribution in [0.15, 0.2) is 54.6 Å². The summed E-state index contributed by atoms with van der Waals surface area (Å²) in [5.74, 6) is -0.268. The Hall–Kier alpha value is -2.99. The zero-order valence-corrected chi connectivity index (χ0v) is 14.8. The number of ether oxygens (including phenoxy) is 1. The van der Waals surface area contributed by atoms with Gasteiger partial charge in [0, 0.05) is 24.8 Å². The Morgan fingerprint density at radius 1 is 1.19 bits per heavy atom. The number of nitrogens with one attached hydrogen (secondary N) is 1. The lowest BCUT2D eigenvalue weighted by Crippen LogP contribution is -2.21. The number of amides is 1. The number of hydrogen-bond donors (Lipinski definition) is 1. The van der Waals surface area contributed by atoms with Crippen molar-refractivity contribution in [2.45, 2.75) is 33.1 Å². The summed E-state index contributed by atoms with van der Waals surface area (Å²) in [6.45, 7) is 4.83. The van der Waals surface area contributed by atoms with E-state index in [-0.39, 0.29) is 17.7 Å². The average Bonchev–Trinajstić information content (AvgIpc) is 2.63. The number of rotatable bonds is 8. The van der Waals surface area contributed by atoms with Gasteiger partial charge in [0.15, 0.2) is 0 Å². The lowest BCUT2D eigenvalue weighted by molar-refractivity contribution is -0.384. The van der Waals surface area contributed by atoms with Gasteiger partial charge in [-0.3, -0.25) is 14.9 Å². The van der Waals surface area contributed by atoms with Crippen LogP contribution in [-0.4, -0.2) is 16.9 Å². The van der Waals surface area contributed by atoms with Crippen molar-refractivity contribution in [1.29, 1.82) is 0 Å². The van der Waals surface area contributed by atoms with E-state index in [0.717, 1.165) is 11.1 Å². The molecule has 2 rings (SSSR count). The molecule has 136 valence electrons. The van der Waals surface area contributed by atoms with Gasteiger partial charge in [-0.1, -0.05) is 36.4 Å². The molecule has 0 saturated heterocycles. The second-order valence-electron chi connectivity index (χ2n) is 6.03. The first-order valence-electron chi connectivity index (χ1n) is 8.34. The van der Waals surface area contributed by atoms with Crippen LogP contribution in [0.5, 0.6) is 0 Å². The van der Waals surface area contributed by atoms with E-state index in [0.29, 0.717) is 18.7 Å². The van der Waals surface area contributed by atoms with E-state index in [1.54, 1.807) is 18.2 Å². The Morgan fingerprint density at radius 3 is 2.62 bits per heavy atom. The van der Waals surface area contributed by atoms with Crippen molar-refractivity contribution in [3.8, 4) is 0 Å². The van der Waals surface area contributed by atoms with Crippen molar-refractivity contribution in [1.82, 2.24) is 5.32 Å². The molecule has 0 saturated carbocycles. The molecule has 0 unspecified atom stereocenters. The van der Waals surface area contributed by atoms with E-state index in [4.69, 9.17) is 4.74 Å². The summed E-state index contributed by atoms with van der Waals surface area (Å²) in [4.78, 5) is 22.3. The zero-order chi connectivity index (χ0) is 18.9. The molecule has 0 bridgehead atoms. The molecule has 1 N–H and O–H groups in total. The van der Waals surface area contributed by atoms with Gasteiger partial charge < -0.3 is 10.1 Å². The normalized spacial score (nSPS) is 11.0. The van der Waals surface area contributed by atoms with Crippen LogP contribution in [-0.2, 0) is 22.7 Å². The second kappa shape index (κ2) is 9.48. The van der Waals surface area contributed by atoms with Gasteiger partial charge in [0.2, 0.25) is 5.91 Å². The average molecular weight is 354 g/mol. The number of nitro benzene ring substituents is 1. The van der Waals surface area contributed by atoms with Crippen molar-refractivity contribution in [2.75, 3.05) is 0 Å². The quantitative estimate of drug-likeness (QED) is 0.443. The molecule has 1 amide bonds. The van der Waals surface area contributed by atoms with E-state index >= 15 is 0 Å². The molecule has 0 spiro atoms. The fraction of sp³-hybridized carbons (Fsp3) is 0.250. The number of carbonyl (C=O) groups excluding carboxylic acids is 1. The first-order valence-corrected chi connectivity index (χ1v) is 8.34. The van der Waals surface area contributed by atoms with Crippen molar-refractivity contribution >= 4 is 17.7 Å². The molecule has 6 nitrogen and oxygen atoms in total. The van der Waals surface area contributed by atoms with Crippen LogP contribution in [0, 0.1) is 10.1 Å². The Bertz CT molecular complexity index is 800. The third-order valence-electron chi connectivity index (χ3n) is 3.65. The highest BCUT2D eigenvalue weighted by molar-refractivity contribution is 5.91. The lowest BCUT2D eigenvalue weighted by Gasteiger charge is -2.12. The fourth-order valence-electron chi connectivity index (χ4n) is 2.28. The Labute approximate surface area is 152 Å². The van der Waals surface area contributed by atoms with Gasteiger partial charge in [-0.2, -0.15) is 0 Å². The number of benzene rings is 2. The van der Waals surface area contributed by atoms with Gasteiger partial charge in [-0.25, -0.2) is 0 Å². The second-order valence-corrected chi connectivity index (χ2v) is 6.03. The summed E-state index contributed by atoms with van der Waals surface area (Å²) in [6, 6.07) is 13.9. The summed E-state index contributed by atoms with van der Waals surface area (Å²) in [7, 11) is 0. The summed E-state index contributed by atoms with van der Waals surface area (Å²) >= 11 is 0. The van der Waals surface area contributed by atoms with Crippen LogP contribution >= 0.6 is 0 Å². The zero-order valence-electron chi connectivity index (χ0n) is 14.8. The topological polar surface area (TPSA) is 81.5 Å². The van der Waals surface area contributed by atoms with Crippen LogP contribution in [0.25, 0.3) is 6.08 Å². The summed E-state index contributed by atoms with van der Waals surface area (Å²) in [5.41, 5.74) is 2.61. The van der Waals surface area contributed by atoms with Crippen LogP contribution in [0.4, 0.5) is 5.69 Å². The predicted molar refractivity (Wildman–Crippen MR) is 100 cm³/mol. The van der Waals surface area contributed by atoms with Crippen molar-refractivity contribution in [2.24, 2.45) is 0 Å². The monoisotopic (exact) mass is 354 g/mol. The van der Waals surface area contributed by atoms with Gasteiger partial charge in [-0.05, 0) is 36.6 Å². The molecular formula is C20H22N2O4. The van der Waals surface area contributed by atoms with Crippen molar-refractivity contribution in [3.05, 3.63) is 81.4 Å². The van der Waals surface area contributed by atoms with Gasteiger partial charge in [0.05, 0.1) is 17.6 Å². The summed E-state index contributed by atoms with van der Waals surface area (Å²) in [6.07, 6.45) is 3.05. The fourth-order valence-corrected chi connectivity index (χ4v) is 2.28. The molecular weight excluding hydrogens is 332 g/mol. The van der Waals surface area contributed by atoms with E-state index in [1.165, 1.54) is 18.2 Å². The van der Waals surface area contributed by atoms with Gasteiger partial charge in [0.25, 0.3) is 5.69 Å². The third-order valence-corrected chi connectivity index (χ3v) is 3.65. The molecule has 0 aliphatic heterocycles. The smallest absolute Gasteiger partial charge is 0.270 e. The minimum atomic E-state index is -0.465. The number of non-ortho nitro benzene ring substituents is 1. The van der Waals surface area contributed by atoms with Gasteiger partial charge >= 0.3 is 0 Å². The van der Waals surface area contributed by atoms with Crippen molar-refractivity contribution in [3.63, 3.8) is 0 Å². The first-order chi connectivity index (χ1) is 12.5. The maximum atomic E-state index is 12.0. The Morgan fingerprint density at radius 2 is 1.92 bits per heavy atom. The van der Waals surface area contributed by atoms with E-state index in [9.17, 15) is 14.9 Å². The predicted octanol–water partition coefficient (Wildman–Crippen LogP) is 3.85. The molecule has 0 fully saturated rings. The minimum absolute atomic E-state index is 0.00774. The molecule has 26 heavy (non-hydrogen) atoms. The molecule has 2 aromatic carbocycles. The standard InChI is InChI=1S/C20H22N2O4/c1-15(2)26-14-18-8-4-3-7-17(18)13-21-20(23)11-10-16-6-5-9-19(12-16)22(24)25/h3-12,15H,13-14H2,1-2H3,(H,21,23)/b11-10+. The molecule has 0 aliphatic carbocycles. The first kappa shape index (κ1) is 19.3. The molecule has 2 aromatic rings. The SMILES string of the molecule is CC(C)OCc1ccccc1CNC(=O)/C=C/c1cccc([N+](=O)[O-])c1. The lowest BCUT2D eigenvalue weighted by atomic mass is 10.1. The van der Waals surface area contributed by atoms with E-state index < -0.39 is 4.92 Å². The number of nitrogens with zero attached hydrogens (tertiary/aromatic N) is 1. The maximum Gasteiger partial charge on any atom is 0.270 e. The maximum absolute atomic E-state index is 12.0. The molecule has 0 heterocycles. The summed E-state index contributed by atoms with van der Waals surface area (Å²) < 4.78 is 5.63. The minimum Gasteiger partial charge on any atom is -0.374 e. The highest BCUT2D eigenvalue weighted by Crippen LogP contribution is 2.14. The number of hydrogen-bond acceptors (Lipinski definition) is 4. The number of carbonyl (C=O) groups is 1. The highest BCUT2D eigenvalue weighted by atomic mass is 16.6. The van der Waals surface area contributed by atoms with Gasteiger partial charge in [-0.15, -0.1) is 0 Å². The molecule has 6 heteroatoms. The van der Waals surface area contributed by atoms with Crippen LogP contribution < -0.4 is 5.32 Å². The van der Waals surface area contributed by atoms with Gasteiger partial charge in [0.1, 0.15) is 0 Å². The molecule has 0 radical (unpaired) electrons. The van der Waals surface area contributed by atoms with Crippen LogP contribution in [0.1, 0.15) is 30.5 Å². The van der Waals surface area contributed by atoms with E-state index in [2.05, 4.69) is 5.32 Å². The molecule has 0 aliphatic rings. The summed E-state index contributed by atoms with van der Waals surface area (Å²) in [5, 5.41) is 13.6. The Kier molecular flexibility index (Phi) is 7.05. The molecule has 0 atom stereocenters. The largest absolute Gasteiger partial charge is 0.374 e. The van der Waals surface area contributed by atoms with Crippen LogP contribution in [0.3, 0.4) is 0 Å². The third kappa shape index (κ3) is 6.14.